The van der Waals surface area contributed by atoms with Gasteiger partial charge in [-0.1, -0.05) is 48.0 Å². The number of rotatable bonds is 6. The normalized spacial score (nSPS) is 33.2. The highest BCUT2D eigenvalue weighted by Gasteiger charge is 2.77. The Morgan fingerprint density at radius 2 is 1.88 bits per heavy atom. The van der Waals surface area contributed by atoms with Crippen LogP contribution in [0.5, 0.6) is 0 Å². The minimum absolute atomic E-state index is 0.0947. The molecule has 1 aromatic rings. The lowest BCUT2D eigenvalue weighted by atomic mass is 9.70. The molecule has 3 unspecified atom stereocenters. The third kappa shape index (κ3) is 4.05. The number of anilines is 1. The first-order chi connectivity index (χ1) is 15.9. The van der Waals surface area contributed by atoms with Crippen LogP contribution in [0.1, 0.15) is 41.0 Å². The molecule has 0 radical (unpaired) electrons. The SMILES string of the molecule is CC(C)[C@H](CO)N1C(=O)[C@@H]2[C@H](C(=O)Nc3ccccc3)[C@H]3OC2(CC3Br)C1C(=O)NC(C)(C)C. The second-order valence-electron chi connectivity index (χ2n) is 11.0. The first kappa shape index (κ1) is 25.1. The highest BCUT2D eigenvalue weighted by atomic mass is 79.9. The van der Waals surface area contributed by atoms with E-state index < -0.39 is 41.2 Å². The Bertz CT molecular complexity index is 965. The zero-order chi connectivity index (χ0) is 25.0. The van der Waals surface area contributed by atoms with Gasteiger partial charge in [-0.3, -0.25) is 14.4 Å². The van der Waals surface area contributed by atoms with E-state index in [0.717, 1.165) is 0 Å². The maximum Gasteiger partial charge on any atom is 0.246 e. The van der Waals surface area contributed by atoms with Crippen LogP contribution in [0.4, 0.5) is 5.69 Å². The van der Waals surface area contributed by atoms with Gasteiger partial charge in [0.1, 0.15) is 11.6 Å². The number of likely N-dealkylation sites (tertiary alicyclic amines) is 1. The van der Waals surface area contributed by atoms with Gasteiger partial charge in [0.15, 0.2) is 0 Å². The summed E-state index contributed by atoms with van der Waals surface area (Å²) in [6.07, 6.45) is -0.102. The highest BCUT2D eigenvalue weighted by molar-refractivity contribution is 9.09. The summed E-state index contributed by atoms with van der Waals surface area (Å²) in [7, 11) is 0. The zero-order valence-electron chi connectivity index (χ0n) is 20.2. The average Bonchev–Trinajstić information content (AvgIpc) is 3.32. The molecule has 3 N–H and O–H groups in total. The first-order valence-electron chi connectivity index (χ1n) is 11.8. The molecule has 3 amide bonds. The number of nitrogens with zero attached hydrogens (tertiary/aromatic N) is 1. The Hall–Kier alpha value is -1.97. The quantitative estimate of drug-likeness (QED) is 0.484. The summed E-state index contributed by atoms with van der Waals surface area (Å²) in [5.41, 5.74) is -1.04. The van der Waals surface area contributed by atoms with Crippen LogP contribution in [0.3, 0.4) is 0 Å². The fourth-order valence-electron chi connectivity index (χ4n) is 5.83. The fraction of sp³-hybridized carbons (Fsp3) is 0.640. The van der Waals surface area contributed by atoms with E-state index in [-0.39, 0.29) is 35.1 Å². The van der Waals surface area contributed by atoms with Crippen LogP contribution in [-0.2, 0) is 19.1 Å². The molecule has 34 heavy (non-hydrogen) atoms. The number of para-hydroxylation sites is 1. The number of nitrogens with one attached hydrogen (secondary N) is 2. The molecule has 0 saturated carbocycles. The molecule has 186 valence electrons. The molecule has 8 nitrogen and oxygen atoms in total. The Morgan fingerprint density at radius 1 is 1.24 bits per heavy atom. The minimum Gasteiger partial charge on any atom is -0.394 e. The molecule has 1 aromatic carbocycles. The third-order valence-corrected chi connectivity index (χ3v) is 7.98. The number of carbonyl (C=O) groups is 3. The minimum atomic E-state index is -1.15. The van der Waals surface area contributed by atoms with Gasteiger partial charge in [0.25, 0.3) is 0 Å². The van der Waals surface area contributed by atoms with Gasteiger partial charge >= 0.3 is 0 Å². The third-order valence-electron chi connectivity index (χ3n) is 7.13. The van der Waals surface area contributed by atoms with E-state index in [9.17, 15) is 19.5 Å². The topological polar surface area (TPSA) is 108 Å². The van der Waals surface area contributed by atoms with Crippen LogP contribution >= 0.6 is 15.9 Å². The summed E-state index contributed by atoms with van der Waals surface area (Å²) in [6, 6.07) is 7.57. The zero-order valence-corrected chi connectivity index (χ0v) is 21.8. The average molecular weight is 536 g/mol. The van der Waals surface area contributed by atoms with Crippen molar-refractivity contribution in [3.8, 4) is 0 Å². The maximum atomic E-state index is 14.0. The Labute approximate surface area is 208 Å². The Morgan fingerprint density at radius 3 is 2.44 bits per heavy atom. The van der Waals surface area contributed by atoms with Crippen molar-refractivity contribution in [3.05, 3.63) is 30.3 Å². The van der Waals surface area contributed by atoms with E-state index >= 15 is 0 Å². The number of ether oxygens (including phenoxy) is 1. The van der Waals surface area contributed by atoms with E-state index in [4.69, 9.17) is 4.74 Å². The molecule has 2 bridgehead atoms. The van der Waals surface area contributed by atoms with E-state index in [0.29, 0.717) is 12.1 Å². The number of halogens is 1. The highest BCUT2D eigenvalue weighted by Crippen LogP contribution is 2.60. The lowest BCUT2D eigenvalue weighted by molar-refractivity contribution is -0.146. The molecular formula is C25H34BrN3O5. The fourth-order valence-corrected chi connectivity index (χ4v) is 6.77. The lowest BCUT2D eigenvalue weighted by Crippen LogP contribution is -2.61. The number of aliphatic hydroxyl groups is 1. The van der Waals surface area contributed by atoms with Crippen molar-refractivity contribution in [2.45, 2.75) is 75.2 Å². The summed E-state index contributed by atoms with van der Waals surface area (Å²) in [5.74, 6) is -2.60. The number of carbonyl (C=O) groups excluding carboxylic acids is 3. The summed E-state index contributed by atoms with van der Waals surface area (Å²) >= 11 is 3.67. The van der Waals surface area contributed by atoms with Crippen molar-refractivity contribution in [2.24, 2.45) is 17.8 Å². The molecule has 4 rings (SSSR count). The van der Waals surface area contributed by atoms with E-state index in [1.54, 1.807) is 12.1 Å². The number of amides is 3. The van der Waals surface area contributed by atoms with Crippen molar-refractivity contribution >= 4 is 39.3 Å². The van der Waals surface area contributed by atoms with Gasteiger partial charge in [-0.25, -0.2) is 0 Å². The molecule has 0 aliphatic carbocycles. The molecule has 7 atom stereocenters. The van der Waals surface area contributed by atoms with Crippen molar-refractivity contribution in [3.63, 3.8) is 0 Å². The maximum absolute atomic E-state index is 14.0. The molecule has 0 aromatic heterocycles. The number of hydrogen-bond donors (Lipinski definition) is 3. The van der Waals surface area contributed by atoms with Crippen molar-refractivity contribution in [2.75, 3.05) is 11.9 Å². The van der Waals surface area contributed by atoms with Crippen LogP contribution in [0.15, 0.2) is 30.3 Å². The summed E-state index contributed by atoms with van der Waals surface area (Å²) in [6.45, 7) is 9.16. The van der Waals surface area contributed by atoms with Gasteiger partial charge in [0, 0.05) is 16.1 Å². The number of aliphatic hydroxyl groups excluding tert-OH is 1. The number of benzene rings is 1. The van der Waals surface area contributed by atoms with Crippen LogP contribution in [0.2, 0.25) is 0 Å². The van der Waals surface area contributed by atoms with Gasteiger partial charge in [-0.15, -0.1) is 0 Å². The van der Waals surface area contributed by atoms with E-state index in [1.807, 2.05) is 52.8 Å². The second kappa shape index (κ2) is 8.91. The Balaban J connectivity index is 1.76. The van der Waals surface area contributed by atoms with Crippen LogP contribution in [-0.4, -0.2) is 68.5 Å². The predicted molar refractivity (Wildman–Crippen MR) is 131 cm³/mol. The molecule has 9 heteroatoms. The van der Waals surface area contributed by atoms with Crippen molar-refractivity contribution in [1.29, 1.82) is 0 Å². The molecule has 3 aliphatic heterocycles. The molecule has 3 fully saturated rings. The van der Waals surface area contributed by atoms with Gasteiger partial charge in [0.05, 0.1) is 30.6 Å². The largest absolute Gasteiger partial charge is 0.394 e. The monoisotopic (exact) mass is 535 g/mol. The molecular weight excluding hydrogens is 502 g/mol. The van der Waals surface area contributed by atoms with Gasteiger partial charge in [0.2, 0.25) is 17.7 Å². The molecule has 1 spiro atoms. The van der Waals surface area contributed by atoms with Crippen molar-refractivity contribution < 1.29 is 24.2 Å². The molecule has 3 heterocycles. The van der Waals surface area contributed by atoms with Crippen LogP contribution < -0.4 is 10.6 Å². The van der Waals surface area contributed by atoms with Gasteiger partial charge < -0.3 is 25.4 Å². The van der Waals surface area contributed by atoms with Crippen LogP contribution in [0, 0.1) is 17.8 Å². The lowest BCUT2D eigenvalue weighted by Gasteiger charge is -2.39. The summed E-state index contributed by atoms with van der Waals surface area (Å²) < 4.78 is 6.48. The van der Waals surface area contributed by atoms with Crippen molar-refractivity contribution in [1.82, 2.24) is 10.2 Å². The molecule has 3 saturated heterocycles. The molecule has 3 aliphatic rings. The van der Waals surface area contributed by atoms with E-state index in [1.165, 1.54) is 4.90 Å². The van der Waals surface area contributed by atoms with Gasteiger partial charge in [-0.2, -0.15) is 0 Å². The van der Waals surface area contributed by atoms with E-state index in [2.05, 4.69) is 26.6 Å². The Kier molecular flexibility index (Phi) is 6.59. The smallest absolute Gasteiger partial charge is 0.246 e. The standard InChI is InChI=1S/C25H34BrN3O5/c1-13(2)16(12-30)29-20(22(32)28-24(3,4)5)25-11-15(26)19(34-25)17(18(25)23(29)33)21(31)27-14-9-7-6-8-10-14/h6-10,13,15-20,30H,11-12H2,1-5H3,(H,27,31)(H,28,32)/t15?,16-,17-,18-,19-,20?,25?/m0/s1. The first-order valence-corrected chi connectivity index (χ1v) is 12.8. The van der Waals surface area contributed by atoms with Crippen LogP contribution in [0.25, 0.3) is 0 Å². The number of hydrogen-bond acceptors (Lipinski definition) is 5. The predicted octanol–water partition coefficient (Wildman–Crippen LogP) is 2.30. The van der Waals surface area contributed by atoms with Gasteiger partial charge in [-0.05, 0) is 45.2 Å². The second-order valence-corrected chi connectivity index (χ2v) is 12.2. The summed E-state index contributed by atoms with van der Waals surface area (Å²) in [4.78, 5) is 42.5. The number of alkyl halides is 1. The summed E-state index contributed by atoms with van der Waals surface area (Å²) in [5, 5.41) is 16.1. The number of fused-ring (bicyclic) bond motifs is 1.